The molecular weight excluding hydrogens is 272 g/mol. The Balaban J connectivity index is 2.19. The molecule has 0 amide bonds. The lowest BCUT2D eigenvalue weighted by atomic mass is 9.96. The SMILES string of the molecule is CCN1CCc2cc(-c3cnn(C)c3C)c(C(F)F)cc21. The summed E-state index contributed by atoms with van der Waals surface area (Å²) < 4.78 is 28.7. The van der Waals surface area contributed by atoms with E-state index in [0.29, 0.717) is 5.56 Å². The minimum Gasteiger partial charge on any atom is -0.371 e. The number of alkyl halides is 2. The summed E-state index contributed by atoms with van der Waals surface area (Å²) in [6, 6.07) is 3.59. The van der Waals surface area contributed by atoms with Crippen molar-refractivity contribution in [2.75, 3.05) is 18.0 Å². The minimum atomic E-state index is -2.48. The summed E-state index contributed by atoms with van der Waals surface area (Å²) in [5.74, 6) is 0. The fourth-order valence-electron chi connectivity index (χ4n) is 3.03. The van der Waals surface area contributed by atoms with Crippen LogP contribution in [0.15, 0.2) is 18.3 Å². The van der Waals surface area contributed by atoms with Gasteiger partial charge in [0.1, 0.15) is 0 Å². The van der Waals surface area contributed by atoms with Crippen LogP contribution in [0.2, 0.25) is 0 Å². The molecule has 0 fully saturated rings. The van der Waals surface area contributed by atoms with Crippen LogP contribution >= 0.6 is 0 Å². The van der Waals surface area contributed by atoms with Gasteiger partial charge in [-0.1, -0.05) is 0 Å². The molecule has 0 aliphatic carbocycles. The van der Waals surface area contributed by atoms with E-state index in [1.165, 1.54) is 0 Å². The van der Waals surface area contributed by atoms with Crippen LogP contribution in [0.5, 0.6) is 0 Å². The Bertz CT molecular complexity index is 676. The Morgan fingerprint density at radius 1 is 1.29 bits per heavy atom. The second kappa shape index (κ2) is 5.13. The highest BCUT2D eigenvalue weighted by Gasteiger charge is 2.25. The molecule has 112 valence electrons. The molecule has 0 saturated carbocycles. The van der Waals surface area contributed by atoms with Crippen LogP contribution in [0.3, 0.4) is 0 Å². The van der Waals surface area contributed by atoms with Gasteiger partial charge in [0.05, 0.1) is 6.20 Å². The highest BCUT2D eigenvalue weighted by atomic mass is 19.3. The van der Waals surface area contributed by atoms with E-state index in [0.717, 1.165) is 42.0 Å². The Morgan fingerprint density at radius 2 is 2.05 bits per heavy atom. The third-order valence-electron chi connectivity index (χ3n) is 4.38. The van der Waals surface area contributed by atoms with E-state index in [1.807, 2.05) is 20.0 Å². The minimum absolute atomic E-state index is 0.102. The highest BCUT2D eigenvalue weighted by Crippen LogP contribution is 2.39. The highest BCUT2D eigenvalue weighted by molar-refractivity contribution is 5.75. The van der Waals surface area contributed by atoms with Crippen LogP contribution in [0.25, 0.3) is 11.1 Å². The van der Waals surface area contributed by atoms with Gasteiger partial charge < -0.3 is 4.90 Å². The Morgan fingerprint density at radius 3 is 2.62 bits per heavy atom. The number of hydrogen-bond donors (Lipinski definition) is 0. The summed E-state index contributed by atoms with van der Waals surface area (Å²) in [5.41, 5.74) is 4.53. The maximum absolute atomic E-state index is 13.5. The number of aromatic nitrogens is 2. The molecule has 1 aromatic heterocycles. The van der Waals surface area contributed by atoms with Gasteiger partial charge in [0, 0.05) is 42.6 Å². The van der Waals surface area contributed by atoms with Gasteiger partial charge in [0.15, 0.2) is 0 Å². The molecule has 2 heterocycles. The molecule has 3 nitrogen and oxygen atoms in total. The zero-order valence-electron chi connectivity index (χ0n) is 12.5. The predicted molar refractivity (Wildman–Crippen MR) is 79.9 cm³/mol. The molecule has 0 atom stereocenters. The quantitative estimate of drug-likeness (QED) is 0.859. The summed E-state index contributed by atoms with van der Waals surface area (Å²) in [4.78, 5) is 2.15. The van der Waals surface area contributed by atoms with E-state index in [4.69, 9.17) is 0 Å². The Labute approximate surface area is 123 Å². The van der Waals surface area contributed by atoms with Gasteiger partial charge in [-0.05, 0) is 43.5 Å². The fraction of sp³-hybridized carbons (Fsp3) is 0.438. The number of anilines is 1. The number of halogens is 2. The standard InChI is InChI=1S/C16H19F2N3/c1-4-21-6-5-11-7-12(13(16(17)18)8-15(11)21)14-9-19-20(3)10(14)2/h7-9,16H,4-6H2,1-3H3. The van der Waals surface area contributed by atoms with Gasteiger partial charge in [-0.15, -0.1) is 0 Å². The number of hydrogen-bond acceptors (Lipinski definition) is 2. The van der Waals surface area contributed by atoms with Crippen molar-refractivity contribution in [2.45, 2.75) is 26.7 Å². The largest absolute Gasteiger partial charge is 0.371 e. The monoisotopic (exact) mass is 291 g/mol. The molecule has 1 aliphatic heterocycles. The van der Waals surface area contributed by atoms with E-state index in [2.05, 4.69) is 16.9 Å². The normalized spacial score (nSPS) is 14.1. The predicted octanol–water partition coefficient (Wildman–Crippen LogP) is 3.72. The lowest BCUT2D eigenvalue weighted by Gasteiger charge is -2.19. The smallest absolute Gasteiger partial charge is 0.264 e. The summed E-state index contributed by atoms with van der Waals surface area (Å²) >= 11 is 0. The van der Waals surface area contributed by atoms with Crippen LogP contribution in [0.4, 0.5) is 14.5 Å². The van der Waals surface area contributed by atoms with Crippen LogP contribution in [-0.4, -0.2) is 22.9 Å². The third-order valence-corrected chi connectivity index (χ3v) is 4.38. The first-order valence-corrected chi connectivity index (χ1v) is 7.21. The summed E-state index contributed by atoms with van der Waals surface area (Å²) in [5, 5.41) is 4.18. The number of fused-ring (bicyclic) bond motifs is 1. The molecule has 0 spiro atoms. The van der Waals surface area contributed by atoms with Gasteiger partial charge in [-0.2, -0.15) is 5.10 Å². The first kappa shape index (κ1) is 14.0. The van der Waals surface area contributed by atoms with Crippen molar-refractivity contribution in [2.24, 2.45) is 7.05 Å². The van der Waals surface area contributed by atoms with Crippen molar-refractivity contribution in [1.29, 1.82) is 0 Å². The van der Waals surface area contributed by atoms with Crippen molar-refractivity contribution in [1.82, 2.24) is 9.78 Å². The van der Waals surface area contributed by atoms with E-state index in [9.17, 15) is 8.78 Å². The van der Waals surface area contributed by atoms with Gasteiger partial charge in [-0.25, -0.2) is 8.78 Å². The zero-order valence-corrected chi connectivity index (χ0v) is 12.5. The fourth-order valence-corrected chi connectivity index (χ4v) is 3.03. The lowest BCUT2D eigenvalue weighted by Crippen LogP contribution is -2.19. The van der Waals surface area contributed by atoms with Crippen molar-refractivity contribution >= 4 is 5.69 Å². The van der Waals surface area contributed by atoms with Crippen LogP contribution in [0, 0.1) is 6.92 Å². The van der Waals surface area contributed by atoms with Crippen molar-refractivity contribution in [3.05, 3.63) is 35.2 Å². The van der Waals surface area contributed by atoms with Crippen LogP contribution in [0.1, 0.15) is 30.2 Å². The summed E-state index contributed by atoms with van der Waals surface area (Å²) in [6.07, 6.45) is 0.110. The maximum Gasteiger partial charge on any atom is 0.264 e. The molecule has 0 bridgehead atoms. The lowest BCUT2D eigenvalue weighted by molar-refractivity contribution is 0.152. The van der Waals surface area contributed by atoms with E-state index in [-0.39, 0.29) is 5.56 Å². The number of aryl methyl sites for hydroxylation is 1. The van der Waals surface area contributed by atoms with Crippen molar-refractivity contribution in [3.63, 3.8) is 0 Å². The second-order valence-electron chi connectivity index (χ2n) is 5.47. The Kier molecular flexibility index (Phi) is 3.43. The molecule has 2 aromatic rings. The topological polar surface area (TPSA) is 21.1 Å². The summed E-state index contributed by atoms with van der Waals surface area (Å²) in [6.45, 7) is 5.71. The average Bonchev–Trinajstić information content (AvgIpc) is 3.01. The average molecular weight is 291 g/mol. The number of rotatable bonds is 3. The number of benzene rings is 1. The molecular formula is C16H19F2N3. The first-order chi connectivity index (χ1) is 10.0. The molecule has 1 aromatic carbocycles. The summed E-state index contributed by atoms with van der Waals surface area (Å²) in [7, 11) is 1.83. The van der Waals surface area contributed by atoms with Gasteiger partial charge in [-0.3, -0.25) is 4.68 Å². The molecule has 0 N–H and O–H groups in total. The molecule has 5 heteroatoms. The number of likely N-dealkylation sites (N-methyl/N-ethyl adjacent to an activating group) is 1. The molecule has 1 aliphatic rings. The Hall–Kier alpha value is -1.91. The first-order valence-electron chi connectivity index (χ1n) is 7.21. The molecule has 3 rings (SSSR count). The molecule has 0 saturated heterocycles. The van der Waals surface area contributed by atoms with E-state index < -0.39 is 6.43 Å². The van der Waals surface area contributed by atoms with Gasteiger partial charge in [0.25, 0.3) is 6.43 Å². The molecule has 0 unspecified atom stereocenters. The van der Waals surface area contributed by atoms with Crippen molar-refractivity contribution in [3.8, 4) is 11.1 Å². The second-order valence-corrected chi connectivity index (χ2v) is 5.47. The third kappa shape index (κ3) is 2.20. The van der Waals surface area contributed by atoms with Crippen molar-refractivity contribution < 1.29 is 8.78 Å². The molecule has 21 heavy (non-hydrogen) atoms. The van der Waals surface area contributed by atoms with Crippen LogP contribution < -0.4 is 4.90 Å². The van der Waals surface area contributed by atoms with Gasteiger partial charge in [0.2, 0.25) is 0 Å². The zero-order chi connectivity index (χ0) is 15.1. The number of nitrogens with zero attached hydrogens (tertiary/aromatic N) is 3. The molecule has 0 radical (unpaired) electrons. The van der Waals surface area contributed by atoms with Gasteiger partial charge >= 0.3 is 0 Å². The van der Waals surface area contributed by atoms with E-state index in [1.54, 1.807) is 16.9 Å². The van der Waals surface area contributed by atoms with Crippen LogP contribution in [-0.2, 0) is 13.5 Å². The maximum atomic E-state index is 13.5. The van der Waals surface area contributed by atoms with E-state index >= 15 is 0 Å².